The van der Waals surface area contributed by atoms with Gasteiger partial charge in [-0.1, -0.05) is 12.8 Å². The maximum absolute atomic E-state index is 4.37. The Bertz CT molecular complexity index is 348. The first-order chi connectivity index (χ1) is 7.74. The molecule has 0 amide bonds. The highest BCUT2D eigenvalue weighted by atomic mass is 32.2. The van der Waals surface area contributed by atoms with Gasteiger partial charge in [0.15, 0.2) is 0 Å². The summed E-state index contributed by atoms with van der Waals surface area (Å²) >= 11 is 2.00. The largest absolute Gasteiger partial charge is 0.369 e. The molecule has 1 fully saturated rings. The molecule has 0 radical (unpaired) electrons. The maximum atomic E-state index is 4.37. The molecule has 0 spiro atoms. The zero-order chi connectivity index (χ0) is 11.4. The second kappa shape index (κ2) is 5.04. The second-order valence-electron chi connectivity index (χ2n) is 4.44. The standard InChI is InChI=1S/C12H19N3S/c1-10-13-8-5-11(15-10)14-9-12(16-2)6-3-4-7-12/h5,8H,3-4,6-7,9H2,1-2H3,(H,13,14,15). The van der Waals surface area contributed by atoms with Gasteiger partial charge >= 0.3 is 0 Å². The SMILES string of the molecule is CSC1(CNc2ccnc(C)n2)CCCC1. The molecule has 16 heavy (non-hydrogen) atoms. The number of aromatic nitrogens is 2. The molecule has 1 heterocycles. The van der Waals surface area contributed by atoms with E-state index in [9.17, 15) is 0 Å². The molecule has 1 aliphatic rings. The molecule has 88 valence electrons. The van der Waals surface area contributed by atoms with Crippen molar-refractivity contribution in [3.05, 3.63) is 18.1 Å². The fourth-order valence-electron chi connectivity index (χ4n) is 2.28. The lowest BCUT2D eigenvalue weighted by Gasteiger charge is -2.27. The van der Waals surface area contributed by atoms with Crippen molar-refractivity contribution in [3.63, 3.8) is 0 Å². The first-order valence-electron chi connectivity index (χ1n) is 5.83. The van der Waals surface area contributed by atoms with Crippen LogP contribution in [0.1, 0.15) is 31.5 Å². The number of aryl methyl sites for hydroxylation is 1. The lowest BCUT2D eigenvalue weighted by atomic mass is 10.1. The van der Waals surface area contributed by atoms with E-state index in [1.54, 1.807) is 0 Å². The monoisotopic (exact) mass is 237 g/mol. The summed E-state index contributed by atoms with van der Waals surface area (Å²) in [5.41, 5.74) is 0. The molecule has 0 aliphatic heterocycles. The molecular formula is C12H19N3S. The van der Waals surface area contributed by atoms with Crippen LogP contribution >= 0.6 is 11.8 Å². The summed E-state index contributed by atoms with van der Waals surface area (Å²) in [5.74, 6) is 1.78. The molecule has 1 aliphatic carbocycles. The highest BCUT2D eigenvalue weighted by Crippen LogP contribution is 2.40. The van der Waals surface area contributed by atoms with E-state index in [4.69, 9.17) is 0 Å². The number of hydrogen-bond acceptors (Lipinski definition) is 4. The summed E-state index contributed by atoms with van der Waals surface area (Å²) in [6, 6.07) is 1.94. The van der Waals surface area contributed by atoms with Crippen LogP contribution < -0.4 is 5.32 Å². The summed E-state index contributed by atoms with van der Waals surface area (Å²) in [6.45, 7) is 2.94. The second-order valence-corrected chi connectivity index (χ2v) is 5.71. The summed E-state index contributed by atoms with van der Waals surface area (Å²) in [4.78, 5) is 8.47. The van der Waals surface area contributed by atoms with Gasteiger partial charge in [0, 0.05) is 17.5 Å². The average molecular weight is 237 g/mol. The van der Waals surface area contributed by atoms with Gasteiger partial charge in [-0.25, -0.2) is 9.97 Å². The fourth-order valence-corrected chi connectivity index (χ4v) is 3.19. The first-order valence-corrected chi connectivity index (χ1v) is 7.05. The van der Waals surface area contributed by atoms with Gasteiger partial charge in [0.25, 0.3) is 0 Å². The van der Waals surface area contributed by atoms with Gasteiger partial charge in [0.2, 0.25) is 0 Å². The van der Waals surface area contributed by atoms with Crippen molar-refractivity contribution in [2.75, 3.05) is 18.1 Å². The quantitative estimate of drug-likeness (QED) is 0.874. The highest BCUT2D eigenvalue weighted by molar-refractivity contribution is 8.00. The number of anilines is 1. The average Bonchev–Trinajstić information content (AvgIpc) is 2.76. The summed E-state index contributed by atoms with van der Waals surface area (Å²) in [7, 11) is 0. The molecule has 0 saturated heterocycles. The van der Waals surface area contributed by atoms with Crippen molar-refractivity contribution < 1.29 is 0 Å². The Balaban J connectivity index is 1.95. The van der Waals surface area contributed by atoms with Crippen LogP contribution in [-0.2, 0) is 0 Å². The Morgan fingerprint density at radius 1 is 1.44 bits per heavy atom. The van der Waals surface area contributed by atoms with Gasteiger partial charge in [-0.15, -0.1) is 0 Å². The molecule has 0 aromatic carbocycles. The predicted molar refractivity (Wildman–Crippen MR) is 70.0 cm³/mol. The van der Waals surface area contributed by atoms with Crippen LogP contribution in [0.3, 0.4) is 0 Å². The van der Waals surface area contributed by atoms with E-state index < -0.39 is 0 Å². The Morgan fingerprint density at radius 3 is 2.81 bits per heavy atom. The van der Waals surface area contributed by atoms with Crippen molar-refractivity contribution >= 4 is 17.6 Å². The van der Waals surface area contributed by atoms with Gasteiger partial charge in [-0.2, -0.15) is 11.8 Å². The van der Waals surface area contributed by atoms with Crippen molar-refractivity contribution in [2.45, 2.75) is 37.4 Å². The van der Waals surface area contributed by atoms with Gasteiger partial charge < -0.3 is 5.32 Å². The zero-order valence-corrected chi connectivity index (χ0v) is 10.8. The molecule has 1 aromatic heterocycles. The number of rotatable bonds is 4. The lowest BCUT2D eigenvalue weighted by Crippen LogP contribution is -2.30. The van der Waals surface area contributed by atoms with Gasteiger partial charge in [-0.05, 0) is 32.1 Å². The summed E-state index contributed by atoms with van der Waals surface area (Å²) in [5, 5.41) is 3.45. The molecule has 0 unspecified atom stereocenters. The topological polar surface area (TPSA) is 37.8 Å². The Hall–Kier alpha value is -0.770. The van der Waals surface area contributed by atoms with Crippen molar-refractivity contribution in [1.29, 1.82) is 0 Å². The Labute approximate surface area is 101 Å². The van der Waals surface area contributed by atoms with Gasteiger partial charge in [-0.3, -0.25) is 0 Å². The summed E-state index contributed by atoms with van der Waals surface area (Å²) < 4.78 is 0.429. The molecule has 1 aromatic rings. The molecule has 0 atom stereocenters. The van der Waals surface area contributed by atoms with E-state index in [-0.39, 0.29) is 0 Å². The molecule has 2 rings (SSSR count). The number of nitrogens with zero attached hydrogens (tertiary/aromatic N) is 2. The molecular weight excluding hydrogens is 218 g/mol. The van der Waals surface area contributed by atoms with Crippen LogP contribution in [0.15, 0.2) is 12.3 Å². The Morgan fingerprint density at radius 2 is 2.19 bits per heavy atom. The van der Waals surface area contributed by atoms with Crippen molar-refractivity contribution in [3.8, 4) is 0 Å². The lowest BCUT2D eigenvalue weighted by molar-refractivity contribution is 0.638. The van der Waals surface area contributed by atoms with E-state index in [0.717, 1.165) is 18.2 Å². The molecule has 0 bridgehead atoms. The van der Waals surface area contributed by atoms with Gasteiger partial charge in [0.05, 0.1) is 0 Å². The van der Waals surface area contributed by atoms with Crippen molar-refractivity contribution in [2.24, 2.45) is 0 Å². The van der Waals surface area contributed by atoms with E-state index in [0.29, 0.717) is 4.75 Å². The minimum atomic E-state index is 0.429. The van der Waals surface area contributed by atoms with Crippen LogP contribution in [0.2, 0.25) is 0 Å². The van der Waals surface area contributed by atoms with E-state index in [2.05, 4.69) is 21.5 Å². The molecule has 4 heteroatoms. The number of hydrogen-bond donors (Lipinski definition) is 1. The van der Waals surface area contributed by atoms with Crippen LogP contribution in [0.25, 0.3) is 0 Å². The number of thioether (sulfide) groups is 1. The van der Waals surface area contributed by atoms with E-state index in [1.807, 2.05) is 30.9 Å². The molecule has 3 nitrogen and oxygen atoms in total. The fraction of sp³-hybridized carbons (Fsp3) is 0.667. The maximum Gasteiger partial charge on any atom is 0.129 e. The zero-order valence-electron chi connectivity index (χ0n) is 9.99. The molecule has 1 saturated carbocycles. The van der Waals surface area contributed by atoms with E-state index >= 15 is 0 Å². The number of nitrogens with one attached hydrogen (secondary N) is 1. The van der Waals surface area contributed by atoms with Crippen LogP contribution in [0.4, 0.5) is 5.82 Å². The highest BCUT2D eigenvalue weighted by Gasteiger charge is 2.32. The molecule has 1 N–H and O–H groups in total. The third-order valence-electron chi connectivity index (χ3n) is 3.32. The normalized spacial score (nSPS) is 18.6. The van der Waals surface area contributed by atoms with Crippen LogP contribution in [-0.4, -0.2) is 27.5 Å². The summed E-state index contributed by atoms with van der Waals surface area (Å²) in [6.07, 6.45) is 9.41. The van der Waals surface area contributed by atoms with Crippen LogP contribution in [0, 0.1) is 6.92 Å². The third kappa shape index (κ3) is 2.67. The van der Waals surface area contributed by atoms with E-state index in [1.165, 1.54) is 25.7 Å². The Kier molecular flexibility index (Phi) is 3.69. The minimum Gasteiger partial charge on any atom is -0.369 e. The first kappa shape index (κ1) is 11.7. The smallest absolute Gasteiger partial charge is 0.129 e. The predicted octanol–water partition coefficient (Wildman–Crippen LogP) is 2.87. The van der Waals surface area contributed by atoms with Gasteiger partial charge in [0.1, 0.15) is 11.6 Å². The van der Waals surface area contributed by atoms with Crippen molar-refractivity contribution in [1.82, 2.24) is 9.97 Å². The minimum absolute atomic E-state index is 0.429. The van der Waals surface area contributed by atoms with Crippen LogP contribution in [0.5, 0.6) is 0 Å². The third-order valence-corrected chi connectivity index (χ3v) is 4.73.